The molecule has 1 aliphatic rings. The maximum Gasteiger partial charge on any atom is 0.179 e. The van der Waals surface area contributed by atoms with E-state index in [1.807, 2.05) is 0 Å². The first-order chi connectivity index (χ1) is 7.28. The molecule has 6 N–H and O–H groups in total. The summed E-state index contributed by atoms with van der Waals surface area (Å²) in [4.78, 5) is 11.2. The first kappa shape index (κ1) is 10.9. The number of ketones is 1. The van der Waals surface area contributed by atoms with Gasteiger partial charge < -0.3 is 30.6 Å². The molecule has 1 fully saturated rings. The van der Waals surface area contributed by atoms with Gasteiger partial charge in [-0.15, -0.1) is 0 Å². The van der Waals surface area contributed by atoms with Gasteiger partial charge in [0.05, 0.1) is 0 Å². The van der Waals surface area contributed by atoms with Gasteiger partial charge in [0.15, 0.2) is 11.4 Å². The highest BCUT2D eigenvalue weighted by molar-refractivity contribution is 5.86. The second-order valence-corrected chi connectivity index (χ2v) is 3.61. The van der Waals surface area contributed by atoms with Gasteiger partial charge in [-0.2, -0.15) is 0 Å². The van der Waals surface area contributed by atoms with Crippen molar-refractivity contribution >= 4 is 5.78 Å². The molecule has 88 valence electrons. The van der Waals surface area contributed by atoms with Gasteiger partial charge in [0.2, 0.25) is 0 Å². The van der Waals surface area contributed by atoms with Gasteiger partial charge in [0.25, 0.3) is 0 Å². The second kappa shape index (κ2) is 3.78. The number of hydrogen-bond acceptors (Lipinski definition) is 7. The van der Waals surface area contributed by atoms with E-state index in [2.05, 4.69) is 0 Å². The molecule has 0 spiro atoms. The van der Waals surface area contributed by atoms with Crippen LogP contribution in [-0.2, 0) is 4.79 Å². The second-order valence-electron chi connectivity index (χ2n) is 3.61. The maximum absolute atomic E-state index is 11.2. The van der Waals surface area contributed by atoms with Gasteiger partial charge in [-0.05, 0) is 6.90 Å². The molecule has 7 nitrogen and oxygen atoms in total. The summed E-state index contributed by atoms with van der Waals surface area (Å²) in [5.74, 6) is -1.25. The summed E-state index contributed by atoms with van der Waals surface area (Å²) in [7, 11) is 0. The minimum Gasteiger partial charge on any atom is -0.387 e. The van der Waals surface area contributed by atoms with E-state index >= 15 is 0 Å². The molecule has 0 aromatic rings. The summed E-state index contributed by atoms with van der Waals surface area (Å²) in [6.07, 6.45) is -10.2. The van der Waals surface area contributed by atoms with Crippen LogP contribution in [0.25, 0.3) is 0 Å². The van der Waals surface area contributed by atoms with Crippen molar-refractivity contribution < 1.29 is 36.8 Å². The van der Waals surface area contributed by atoms with E-state index in [1.54, 1.807) is 0 Å². The molecule has 15 heavy (non-hydrogen) atoms. The van der Waals surface area contributed by atoms with E-state index in [0.29, 0.717) is 0 Å². The predicted octanol–water partition coefficient (Wildman–Crippen LogP) is -3.88. The molecular formula is C8H14O7. The zero-order valence-corrected chi connectivity index (χ0v) is 7.69. The number of aliphatic hydroxyl groups excluding tert-OH is 5. The highest BCUT2D eigenvalue weighted by Crippen LogP contribution is 2.30. The maximum atomic E-state index is 11.2. The fourth-order valence-electron chi connectivity index (χ4n) is 1.60. The third-order valence-electron chi connectivity index (χ3n) is 2.70. The van der Waals surface area contributed by atoms with Crippen LogP contribution in [0, 0.1) is 0 Å². The fourth-order valence-corrected chi connectivity index (χ4v) is 1.60. The van der Waals surface area contributed by atoms with Gasteiger partial charge >= 0.3 is 0 Å². The van der Waals surface area contributed by atoms with Crippen LogP contribution >= 0.6 is 0 Å². The van der Waals surface area contributed by atoms with Crippen LogP contribution in [-0.4, -0.2) is 72.5 Å². The van der Waals surface area contributed by atoms with E-state index in [4.69, 9.17) is 1.37 Å². The van der Waals surface area contributed by atoms with E-state index in [-0.39, 0.29) is 0 Å². The number of hydrogen-bond donors (Lipinski definition) is 6. The fraction of sp³-hybridized carbons (Fsp3) is 0.875. The van der Waals surface area contributed by atoms with E-state index in [1.165, 1.54) is 0 Å². The summed E-state index contributed by atoms with van der Waals surface area (Å²) in [5.41, 5.74) is -2.85. The molecule has 0 amide bonds. The molecule has 0 heterocycles. The van der Waals surface area contributed by atoms with Gasteiger partial charge in [-0.3, -0.25) is 4.79 Å². The van der Waals surface area contributed by atoms with Crippen molar-refractivity contribution in [3.63, 3.8) is 0 Å². The molecule has 0 saturated heterocycles. The highest BCUT2D eigenvalue weighted by atomic mass is 16.4. The predicted molar refractivity (Wildman–Crippen MR) is 45.7 cm³/mol. The van der Waals surface area contributed by atoms with Crippen LogP contribution < -0.4 is 0 Å². The Morgan fingerprint density at radius 1 is 1.07 bits per heavy atom. The number of aliphatic hydroxyl groups is 6. The third kappa shape index (κ3) is 1.57. The van der Waals surface area contributed by atoms with Crippen LogP contribution in [0.15, 0.2) is 0 Å². The molecule has 0 aromatic carbocycles. The molecule has 1 saturated carbocycles. The lowest BCUT2D eigenvalue weighted by molar-refractivity contribution is -0.258. The van der Waals surface area contributed by atoms with Gasteiger partial charge in [-0.1, -0.05) is 0 Å². The van der Waals surface area contributed by atoms with Crippen molar-refractivity contribution in [3.05, 3.63) is 0 Å². The monoisotopic (exact) mass is 223 g/mol. The number of carbonyl (C=O) groups is 1. The van der Waals surface area contributed by atoms with Gasteiger partial charge in [0, 0.05) is 1.37 Å². The van der Waals surface area contributed by atoms with Crippen LogP contribution in [0.3, 0.4) is 0 Å². The van der Waals surface area contributed by atoms with Crippen LogP contribution in [0.4, 0.5) is 0 Å². The molecule has 1 aliphatic carbocycles. The number of carbonyl (C=O) groups excluding carboxylic acids is 1. The molecule has 0 radical (unpaired) electrons. The smallest absolute Gasteiger partial charge is 0.179 e. The Bertz CT molecular complexity index is 268. The van der Waals surface area contributed by atoms with Crippen molar-refractivity contribution in [2.24, 2.45) is 0 Å². The normalized spacial score (nSPS) is 52.4. The average Bonchev–Trinajstić information content (AvgIpc) is 2.30. The molecule has 7 heteroatoms. The Morgan fingerprint density at radius 3 is 1.80 bits per heavy atom. The zero-order chi connectivity index (χ0) is 12.7. The molecule has 0 bridgehead atoms. The van der Waals surface area contributed by atoms with E-state index in [0.717, 1.165) is 0 Å². The Balaban J connectivity index is 3.12. The average molecular weight is 223 g/mol. The summed E-state index contributed by atoms with van der Waals surface area (Å²) < 4.78 is 6.77. The van der Waals surface area contributed by atoms with Crippen LogP contribution in [0.2, 0.25) is 0 Å². The van der Waals surface area contributed by atoms with Crippen molar-refractivity contribution in [1.82, 2.24) is 0 Å². The molecule has 0 aliphatic heterocycles. The number of rotatable bonds is 1. The summed E-state index contributed by atoms with van der Waals surface area (Å²) in [6, 6.07) is 0. The van der Waals surface area contributed by atoms with Gasteiger partial charge in [0.1, 0.15) is 30.5 Å². The SMILES string of the molecule is [2H]CC(=O)C1(O)[C@H](O)[C@H](O)C(O)[C@H](O)[C@H]1O. The van der Waals surface area contributed by atoms with Crippen molar-refractivity contribution in [1.29, 1.82) is 0 Å². The largest absolute Gasteiger partial charge is 0.387 e. The quantitative estimate of drug-likeness (QED) is 0.267. The standard InChI is InChI=1S/C8H14O7/c1-2(9)8(15)6(13)4(11)3(10)5(12)7(8)14/h3-7,10-15H,1H3/t3?,4-,5+,6-,7-,8?/m1/s1/i1D. The summed E-state index contributed by atoms with van der Waals surface area (Å²) in [5, 5.41) is 56.3. The van der Waals surface area contributed by atoms with Crippen molar-refractivity contribution in [2.75, 3.05) is 0 Å². The Labute approximate surface area is 86.6 Å². The van der Waals surface area contributed by atoms with E-state index < -0.39 is 48.8 Å². The molecule has 6 atom stereocenters. The highest BCUT2D eigenvalue weighted by Gasteiger charge is 2.60. The lowest BCUT2D eigenvalue weighted by Crippen LogP contribution is -2.73. The molecular weight excluding hydrogens is 208 g/mol. The third-order valence-corrected chi connectivity index (χ3v) is 2.70. The Kier molecular flexibility index (Phi) is 2.75. The summed E-state index contributed by atoms with van der Waals surface area (Å²) in [6.45, 7) is -0.944. The lowest BCUT2D eigenvalue weighted by Gasteiger charge is -2.46. The van der Waals surface area contributed by atoms with E-state index in [9.17, 15) is 35.4 Å². The lowest BCUT2D eigenvalue weighted by atomic mass is 9.73. The first-order valence-electron chi connectivity index (χ1n) is 4.94. The first-order valence-corrected chi connectivity index (χ1v) is 4.23. The molecule has 1 rings (SSSR count). The topological polar surface area (TPSA) is 138 Å². The summed E-state index contributed by atoms with van der Waals surface area (Å²) >= 11 is 0. The Hall–Kier alpha value is -0.570. The zero-order valence-electron chi connectivity index (χ0n) is 8.69. The van der Waals surface area contributed by atoms with Crippen molar-refractivity contribution in [3.8, 4) is 0 Å². The van der Waals surface area contributed by atoms with Crippen LogP contribution in [0.5, 0.6) is 0 Å². The van der Waals surface area contributed by atoms with Crippen LogP contribution in [0.1, 0.15) is 8.27 Å². The molecule has 2 unspecified atom stereocenters. The van der Waals surface area contributed by atoms with Crippen molar-refractivity contribution in [2.45, 2.75) is 43.0 Å². The molecule has 0 aromatic heterocycles. The number of Topliss-reactive ketones (excluding diaryl/α,β-unsaturated/α-hetero) is 1. The Morgan fingerprint density at radius 2 is 1.47 bits per heavy atom. The van der Waals surface area contributed by atoms with Gasteiger partial charge in [-0.25, -0.2) is 0 Å². The minimum atomic E-state index is -2.85. The minimum absolute atomic E-state index is 0.944.